The molecule has 0 amide bonds. The van der Waals surface area contributed by atoms with E-state index in [2.05, 4.69) is 62.8 Å². The first kappa shape index (κ1) is 11.9. The van der Waals surface area contributed by atoms with E-state index in [1.807, 2.05) is 6.07 Å². The van der Waals surface area contributed by atoms with Crippen LogP contribution in [0.25, 0.3) is 11.3 Å². The van der Waals surface area contributed by atoms with Gasteiger partial charge >= 0.3 is 0 Å². The van der Waals surface area contributed by atoms with Gasteiger partial charge in [0.2, 0.25) is 0 Å². The second-order valence-electron chi connectivity index (χ2n) is 5.34. The Hall–Kier alpha value is -1.57. The SMILES string of the molecule is CCc1cn(C(C)(C)C)nc1-c1ccccc1. The van der Waals surface area contributed by atoms with Gasteiger partial charge in [-0.3, -0.25) is 4.68 Å². The lowest BCUT2D eigenvalue weighted by Crippen LogP contribution is -2.22. The van der Waals surface area contributed by atoms with E-state index in [4.69, 9.17) is 5.10 Å². The summed E-state index contributed by atoms with van der Waals surface area (Å²) in [6, 6.07) is 10.4. The number of rotatable bonds is 2. The molecule has 2 aromatic rings. The first-order chi connectivity index (χ1) is 8.02. The Labute approximate surface area is 103 Å². The molecule has 1 aromatic carbocycles. The van der Waals surface area contributed by atoms with Crippen molar-refractivity contribution in [3.63, 3.8) is 0 Å². The fraction of sp³-hybridized carbons (Fsp3) is 0.400. The van der Waals surface area contributed by atoms with Gasteiger partial charge in [0, 0.05) is 11.8 Å². The topological polar surface area (TPSA) is 17.8 Å². The lowest BCUT2D eigenvalue weighted by atomic mass is 10.1. The summed E-state index contributed by atoms with van der Waals surface area (Å²) in [6.45, 7) is 8.70. The summed E-state index contributed by atoms with van der Waals surface area (Å²) in [4.78, 5) is 0. The highest BCUT2D eigenvalue weighted by Gasteiger charge is 2.17. The van der Waals surface area contributed by atoms with Crippen molar-refractivity contribution in [3.05, 3.63) is 42.1 Å². The first-order valence-corrected chi connectivity index (χ1v) is 6.17. The van der Waals surface area contributed by atoms with E-state index in [1.165, 1.54) is 11.1 Å². The predicted octanol–water partition coefficient (Wildman–Crippen LogP) is 3.87. The van der Waals surface area contributed by atoms with E-state index in [9.17, 15) is 0 Å². The second-order valence-corrected chi connectivity index (χ2v) is 5.34. The number of aryl methyl sites for hydroxylation is 1. The largest absolute Gasteiger partial charge is 0.267 e. The molecule has 0 unspecified atom stereocenters. The van der Waals surface area contributed by atoms with Crippen LogP contribution < -0.4 is 0 Å². The number of benzene rings is 1. The monoisotopic (exact) mass is 228 g/mol. The highest BCUT2D eigenvalue weighted by molar-refractivity contribution is 5.62. The average Bonchev–Trinajstić information content (AvgIpc) is 2.73. The number of nitrogens with zero attached hydrogens (tertiary/aromatic N) is 2. The summed E-state index contributed by atoms with van der Waals surface area (Å²) < 4.78 is 2.06. The highest BCUT2D eigenvalue weighted by atomic mass is 15.3. The van der Waals surface area contributed by atoms with E-state index in [-0.39, 0.29) is 5.54 Å². The Bertz CT molecular complexity index is 489. The third kappa shape index (κ3) is 2.41. The molecule has 0 atom stereocenters. The van der Waals surface area contributed by atoms with Gasteiger partial charge in [-0.25, -0.2) is 0 Å². The van der Waals surface area contributed by atoms with E-state index in [0.717, 1.165) is 12.1 Å². The Morgan fingerprint density at radius 1 is 1.12 bits per heavy atom. The number of aromatic nitrogens is 2. The maximum Gasteiger partial charge on any atom is 0.0955 e. The van der Waals surface area contributed by atoms with Crippen LogP contribution in [-0.4, -0.2) is 9.78 Å². The fourth-order valence-electron chi connectivity index (χ4n) is 1.85. The van der Waals surface area contributed by atoms with Gasteiger partial charge in [-0.1, -0.05) is 37.3 Å². The molecule has 0 saturated heterocycles. The van der Waals surface area contributed by atoms with Crippen LogP contribution in [0.1, 0.15) is 33.3 Å². The molecule has 0 aliphatic heterocycles. The molecule has 2 nitrogen and oxygen atoms in total. The molecule has 0 spiro atoms. The van der Waals surface area contributed by atoms with Crippen molar-refractivity contribution >= 4 is 0 Å². The molecular weight excluding hydrogens is 208 g/mol. The third-order valence-electron chi connectivity index (χ3n) is 2.91. The molecule has 0 saturated carbocycles. The average molecular weight is 228 g/mol. The van der Waals surface area contributed by atoms with Crippen molar-refractivity contribution in [3.8, 4) is 11.3 Å². The van der Waals surface area contributed by atoms with Crippen LogP contribution in [-0.2, 0) is 12.0 Å². The van der Waals surface area contributed by atoms with Crippen LogP contribution in [0.5, 0.6) is 0 Å². The Balaban J connectivity index is 2.51. The summed E-state index contributed by atoms with van der Waals surface area (Å²) in [6.07, 6.45) is 3.18. The van der Waals surface area contributed by atoms with Gasteiger partial charge in [-0.2, -0.15) is 5.10 Å². The summed E-state index contributed by atoms with van der Waals surface area (Å²) >= 11 is 0. The van der Waals surface area contributed by atoms with E-state index >= 15 is 0 Å². The Kier molecular flexibility index (Phi) is 3.05. The second kappa shape index (κ2) is 4.36. The van der Waals surface area contributed by atoms with Crippen molar-refractivity contribution in [1.29, 1.82) is 0 Å². The molecule has 0 radical (unpaired) electrons. The zero-order chi connectivity index (χ0) is 12.5. The van der Waals surface area contributed by atoms with Crippen LogP contribution in [0, 0.1) is 0 Å². The van der Waals surface area contributed by atoms with E-state index < -0.39 is 0 Å². The van der Waals surface area contributed by atoms with Crippen LogP contribution >= 0.6 is 0 Å². The van der Waals surface area contributed by atoms with Gasteiger partial charge in [0.05, 0.1) is 11.2 Å². The standard InChI is InChI=1S/C15H20N2/c1-5-12-11-17(15(2,3)4)16-14(12)13-9-7-6-8-10-13/h6-11H,5H2,1-4H3. The normalized spacial score (nSPS) is 11.8. The van der Waals surface area contributed by atoms with Gasteiger partial charge in [0.15, 0.2) is 0 Å². The van der Waals surface area contributed by atoms with Gasteiger partial charge < -0.3 is 0 Å². The maximum atomic E-state index is 4.74. The van der Waals surface area contributed by atoms with E-state index in [1.54, 1.807) is 0 Å². The molecule has 0 aliphatic rings. The van der Waals surface area contributed by atoms with Crippen LogP contribution in [0.3, 0.4) is 0 Å². The van der Waals surface area contributed by atoms with Crippen molar-refractivity contribution in [2.24, 2.45) is 0 Å². The summed E-state index contributed by atoms with van der Waals surface area (Å²) in [7, 11) is 0. The van der Waals surface area contributed by atoms with Crippen LogP contribution in [0.2, 0.25) is 0 Å². The first-order valence-electron chi connectivity index (χ1n) is 6.17. The molecule has 2 heteroatoms. The molecule has 0 bridgehead atoms. The minimum Gasteiger partial charge on any atom is -0.267 e. The summed E-state index contributed by atoms with van der Waals surface area (Å²) in [5.41, 5.74) is 3.67. The zero-order valence-corrected chi connectivity index (χ0v) is 11.1. The van der Waals surface area contributed by atoms with Gasteiger partial charge in [-0.15, -0.1) is 0 Å². The van der Waals surface area contributed by atoms with Crippen molar-refractivity contribution in [2.45, 2.75) is 39.7 Å². The molecule has 0 fully saturated rings. The smallest absolute Gasteiger partial charge is 0.0955 e. The van der Waals surface area contributed by atoms with Gasteiger partial charge in [0.25, 0.3) is 0 Å². The minimum atomic E-state index is 0.0386. The molecule has 1 aromatic heterocycles. The Morgan fingerprint density at radius 3 is 2.29 bits per heavy atom. The molecule has 2 rings (SSSR count). The van der Waals surface area contributed by atoms with Crippen LogP contribution in [0.4, 0.5) is 0 Å². The fourth-order valence-corrected chi connectivity index (χ4v) is 1.85. The Morgan fingerprint density at radius 2 is 1.76 bits per heavy atom. The van der Waals surface area contributed by atoms with E-state index in [0.29, 0.717) is 0 Å². The molecule has 0 N–H and O–H groups in total. The highest BCUT2D eigenvalue weighted by Crippen LogP contribution is 2.25. The van der Waals surface area contributed by atoms with Crippen molar-refractivity contribution in [2.75, 3.05) is 0 Å². The molecule has 1 heterocycles. The lowest BCUT2D eigenvalue weighted by Gasteiger charge is -2.18. The maximum absolute atomic E-state index is 4.74. The molecule has 0 aliphatic carbocycles. The molecule has 90 valence electrons. The third-order valence-corrected chi connectivity index (χ3v) is 2.91. The quantitative estimate of drug-likeness (QED) is 0.763. The zero-order valence-electron chi connectivity index (χ0n) is 11.1. The van der Waals surface area contributed by atoms with Crippen molar-refractivity contribution in [1.82, 2.24) is 9.78 Å². The minimum absolute atomic E-state index is 0.0386. The lowest BCUT2D eigenvalue weighted by molar-refractivity contribution is 0.356. The summed E-state index contributed by atoms with van der Waals surface area (Å²) in [5.74, 6) is 0. The van der Waals surface area contributed by atoms with Gasteiger partial charge in [-0.05, 0) is 32.8 Å². The molecular formula is C15H20N2. The predicted molar refractivity (Wildman–Crippen MR) is 72.0 cm³/mol. The molecule has 17 heavy (non-hydrogen) atoms. The van der Waals surface area contributed by atoms with Crippen LogP contribution in [0.15, 0.2) is 36.5 Å². The van der Waals surface area contributed by atoms with Gasteiger partial charge in [0.1, 0.15) is 0 Å². The van der Waals surface area contributed by atoms with Crippen molar-refractivity contribution < 1.29 is 0 Å². The number of hydrogen-bond acceptors (Lipinski definition) is 1. The summed E-state index contributed by atoms with van der Waals surface area (Å²) in [5, 5.41) is 4.74. The number of hydrogen-bond donors (Lipinski definition) is 0.